The highest BCUT2D eigenvalue weighted by Gasteiger charge is 2.38. The van der Waals surface area contributed by atoms with Gasteiger partial charge in [-0.3, -0.25) is 23.5 Å². The molecule has 28 heteroatoms. The van der Waals surface area contributed by atoms with E-state index >= 15 is 0 Å². The summed E-state index contributed by atoms with van der Waals surface area (Å²) in [4.78, 5) is 84.7. The number of fused-ring (bicyclic) bond motifs is 2. The third-order valence-electron chi connectivity index (χ3n) is 13.1. The van der Waals surface area contributed by atoms with Gasteiger partial charge in [-0.2, -0.15) is 20.4 Å². The summed E-state index contributed by atoms with van der Waals surface area (Å²) in [5, 5.41) is 28.0. The highest BCUT2D eigenvalue weighted by Crippen LogP contribution is 2.37. The molecular weight excluding hydrogens is 1120 g/mol. The van der Waals surface area contributed by atoms with Gasteiger partial charge in [0.05, 0.1) is 76.1 Å². The van der Waals surface area contributed by atoms with Gasteiger partial charge in [-0.05, 0) is 89.9 Å². The number of rotatable bonds is 22. The summed E-state index contributed by atoms with van der Waals surface area (Å²) in [5.41, 5.74) is 12.0. The maximum atomic E-state index is 14.4. The number of carboxylic acid groups (broad SMARTS) is 1. The van der Waals surface area contributed by atoms with Crippen LogP contribution in [0, 0.1) is 31.4 Å². The number of aliphatic carboxylic acids is 1. The number of hydrogen-bond acceptors (Lipinski definition) is 19. The predicted octanol–water partition coefficient (Wildman–Crippen LogP) is 5.48. The maximum absolute atomic E-state index is 14.4. The van der Waals surface area contributed by atoms with Crippen molar-refractivity contribution in [3.8, 4) is 21.5 Å². The number of hydrogen-bond donors (Lipinski definition) is 4. The lowest BCUT2D eigenvalue weighted by atomic mass is 9.91. The van der Waals surface area contributed by atoms with E-state index in [9.17, 15) is 42.7 Å². The first-order valence-electron chi connectivity index (χ1n) is 26.3. The number of aromatic nitrogens is 10. The lowest BCUT2D eigenvalue weighted by Crippen LogP contribution is -2.53. The molecule has 0 spiro atoms. The third kappa shape index (κ3) is 13.8. The second-order valence-electron chi connectivity index (χ2n) is 20.9. The minimum atomic E-state index is -1.88. The molecule has 8 aromatic rings. The van der Waals surface area contributed by atoms with Gasteiger partial charge in [0, 0.05) is 41.8 Å². The number of halogens is 2. The van der Waals surface area contributed by atoms with Crippen LogP contribution in [-0.4, -0.2) is 112 Å². The maximum Gasteiger partial charge on any atom is 0.333 e. The Hall–Kier alpha value is -7.60. The predicted molar refractivity (Wildman–Crippen MR) is 311 cm³/mol. The van der Waals surface area contributed by atoms with E-state index in [1.165, 1.54) is 119 Å². The summed E-state index contributed by atoms with van der Waals surface area (Å²) in [6.45, 7) is 17.0. The van der Waals surface area contributed by atoms with Crippen molar-refractivity contribution in [1.82, 2.24) is 48.3 Å². The number of thiophene rings is 2. The van der Waals surface area contributed by atoms with Crippen LogP contribution in [0.25, 0.3) is 30.4 Å². The Morgan fingerprint density at radius 2 is 1.01 bits per heavy atom. The molecule has 83 heavy (non-hydrogen) atoms. The Bertz CT molecular complexity index is 3820. The first-order chi connectivity index (χ1) is 39.2. The normalized spacial score (nSPS) is 12.6. The van der Waals surface area contributed by atoms with Gasteiger partial charge in [0.1, 0.15) is 66.1 Å². The van der Waals surface area contributed by atoms with Crippen LogP contribution in [0.15, 0.2) is 80.4 Å². The van der Waals surface area contributed by atoms with Gasteiger partial charge in [0.25, 0.3) is 11.1 Å². The highest BCUT2D eigenvalue weighted by atomic mass is 32.1. The average Bonchev–Trinajstić information content (AvgIpc) is 2.42. The summed E-state index contributed by atoms with van der Waals surface area (Å²) >= 11 is 2.26. The average molecular weight is 1190 g/mol. The van der Waals surface area contributed by atoms with Crippen LogP contribution in [0.5, 0.6) is 11.5 Å². The number of carboxylic acids is 1. The largest absolute Gasteiger partial charge is 0.496 e. The van der Waals surface area contributed by atoms with Gasteiger partial charge in [-0.25, -0.2) is 32.3 Å². The second-order valence-corrected chi connectivity index (χ2v) is 22.8. The van der Waals surface area contributed by atoms with Gasteiger partial charge < -0.3 is 41.3 Å². The number of ether oxygens (including phenoxy) is 4. The van der Waals surface area contributed by atoms with E-state index in [4.69, 9.17) is 36.1 Å². The van der Waals surface area contributed by atoms with Crippen LogP contribution >= 0.6 is 22.7 Å². The monoisotopic (exact) mass is 1190 g/mol. The van der Waals surface area contributed by atoms with Crippen molar-refractivity contribution in [3.05, 3.63) is 137 Å². The van der Waals surface area contributed by atoms with Crippen LogP contribution in [0.1, 0.15) is 96.3 Å². The summed E-state index contributed by atoms with van der Waals surface area (Å²) in [6.07, 6.45) is 4.33. The lowest BCUT2D eigenvalue weighted by molar-refractivity contribution is -0.146. The molecule has 2 aromatic carbocycles. The quantitative estimate of drug-likeness (QED) is 0.0653. The van der Waals surface area contributed by atoms with Crippen molar-refractivity contribution >= 4 is 54.9 Å². The number of carbonyl (C=O) groups is 2. The number of aryl methyl sites for hydroxylation is 2. The molecule has 0 saturated heterocycles. The Balaban J connectivity index is 0.000000251. The van der Waals surface area contributed by atoms with Crippen LogP contribution in [0.2, 0.25) is 0 Å². The standard InChI is InChI=1S/C28H35FN6O5S.C24H27FN6O6S.C3H9N/c1-16(2)13-22(36)28(4,5)34-24(37)23-17(3)25(35-31-10-11-32-35)41-26(23)33(27(34)38)15-21(40-12-9-30)19-14-18(29)7-8-20(19)39-6;1-13-18-19(32)30(24(2,3)22(33)34)23(35)29(21(18)38-20(13)31-27-8-9-28-31)12-17(37-10-7-26)15-11-14(25)5-6-16(15)36-4;1-3(2)4/h7-8,10-11,14,16,21H,9,12-13,15,30H2,1-6H3;5-6,8-9,11,17H,7,10,12,26H2,1-4H3,(H,33,34);3H,4H2,1-2H3/t21-;17-;/m00./s1. The minimum Gasteiger partial charge on any atom is -0.496 e. The molecule has 8 rings (SSSR count). The minimum absolute atomic E-state index is 0.0262. The number of nitrogens with zero attached hydrogens (tertiary/aromatic N) is 10. The molecular formula is C55H71F2N13O11S2. The molecule has 0 saturated carbocycles. The number of methoxy groups -OCH3 is 2. The Kier molecular flexibility index (Phi) is 21.2. The molecule has 0 aliphatic heterocycles. The summed E-state index contributed by atoms with van der Waals surface area (Å²) in [5.74, 6) is -1.96. The molecule has 0 fully saturated rings. The summed E-state index contributed by atoms with van der Waals surface area (Å²) < 4.78 is 55.9. The van der Waals surface area contributed by atoms with Crippen molar-refractivity contribution in [2.24, 2.45) is 23.1 Å². The van der Waals surface area contributed by atoms with Crippen LogP contribution in [0.3, 0.4) is 0 Å². The highest BCUT2D eigenvalue weighted by molar-refractivity contribution is 7.21. The molecule has 7 N–H and O–H groups in total. The van der Waals surface area contributed by atoms with Crippen LogP contribution in [0.4, 0.5) is 8.78 Å². The third-order valence-corrected chi connectivity index (χ3v) is 15.7. The molecule has 6 heterocycles. The van der Waals surface area contributed by atoms with Crippen molar-refractivity contribution in [2.45, 2.75) is 118 Å². The van der Waals surface area contributed by atoms with Gasteiger partial charge in [-0.1, -0.05) is 50.4 Å². The van der Waals surface area contributed by atoms with Gasteiger partial charge in [-0.15, -0.1) is 9.59 Å². The zero-order chi connectivity index (χ0) is 61.4. The van der Waals surface area contributed by atoms with Gasteiger partial charge in [0.15, 0.2) is 5.78 Å². The number of carbonyl (C=O) groups excluding carboxylic acids is 1. The first kappa shape index (κ1) is 64.6. The van der Waals surface area contributed by atoms with Crippen LogP contribution < -0.4 is 49.2 Å². The molecule has 6 aromatic heterocycles. The van der Waals surface area contributed by atoms with Crippen LogP contribution in [-0.2, 0) is 43.2 Å². The van der Waals surface area contributed by atoms with E-state index in [1.54, 1.807) is 27.7 Å². The van der Waals surface area contributed by atoms with E-state index in [0.717, 1.165) is 15.9 Å². The van der Waals surface area contributed by atoms with Crippen molar-refractivity contribution in [3.63, 3.8) is 0 Å². The molecule has 0 radical (unpaired) electrons. The second kappa shape index (κ2) is 27.2. The zero-order valence-corrected chi connectivity index (χ0v) is 50.0. The molecule has 0 amide bonds. The van der Waals surface area contributed by atoms with E-state index in [-0.39, 0.29) is 73.1 Å². The molecule has 0 unspecified atom stereocenters. The topological polar surface area (TPSA) is 319 Å². The molecule has 0 aliphatic carbocycles. The summed E-state index contributed by atoms with van der Waals surface area (Å²) in [6, 6.07) is 8.27. The number of ketones is 1. The SMILES string of the molecule is CC(C)N.COc1ccc(F)cc1[C@H](Cn1c(=O)n(C(C)(C)C(=O)CC(C)C)c(=O)c2c(C)c(-n3nccn3)sc21)OCCN.COc1ccc(F)cc1[C@H](Cn1c(=O)n(C(C)(C)C(=O)O)c(=O)c2c(C)c(-n3nccn3)sc21)OCCN. The van der Waals surface area contributed by atoms with Crippen molar-refractivity contribution < 1.29 is 42.4 Å². The lowest BCUT2D eigenvalue weighted by Gasteiger charge is -2.28. The molecule has 448 valence electrons. The first-order valence-corrected chi connectivity index (χ1v) is 28.0. The molecule has 24 nitrogen and oxygen atoms in total. The van der Waals surface area contributed by atoms with E-state index < -0.39 is 63.4 Å². The van der Waals surface area contributed by atoms with Gasteiger partial charge >= 0.3 is 17.3 Å². The Labute approximate surface area is 483 Å². The molecule has 0 bridgehead atoms. The fourth-order valence-corrected chi connectivity index (χ4v) is 11.4. The Morgan fingerprint density at radius 1 is 0.651 bits per heavy atom. The Morgan fingerprint density at radius 3 is 1.34 bits per heavy atom. The van der Waals surface area contributed by atoms with Crippen molar-refractivity contribution in [2.75, 3.05) is 40.5 Å². The molecule has 0 aliphatic rings. The number of benzene rings is 2. The summed E-state index contributed by atoms with van der Waals surface area (Å²) in [7, 11) is 2.87. The fraction of sp³-hybridized carbons (Fsp3) is 0.455. The smallest absolute Gasteiger partial charge is 0.333 e. The zero-order valence-electron chi connectivity index (χ0n) is 48.3. The number of nitrogens with two attached hydrogens (primary N) is 3. The van der Waals surface area contributed by atoms with Gasteiger partial charge in [0.2, 0.25) is 0 Å². The number of Topliss-reactive ketones (excluding diaryl/α,β-unsaturated/α-hetero) is 1. The van der Waals surface area contributed by atoms with Crippen molar-refractivity contribution in [1.29, 1.82) is 0 Å². The molecule has 2 atom stereocenters. The van der Waals surface area contributed by atoms with E-state index in [2.05, 4.69) is 20.4 Å². The fourth-order valence-electron chi connectivity index (χ4n) is 8.99. The van der Waals surface area contributed by atoms with E-state index in [0.29, 0.717) is 59.2 Å². The van der Waals surface area contributed by atoms with E-state index in [1.807, 2.05) is 27.7 Å².